The molecular weight excluding hydrogens is 420 g/mol. The summed E-state index contributed by atoms with van der Waals surface area (Å²) in [5.41, 5.74) is 1.63. The van der Waals surface area contributed by atoms with Crippen LogP contribution in [-0.4, -0.2) is 80.9 Å². The average molecular weight is 452 g/mol. The average Bonchev–Trinajstić information content (AvgIpc) is 3.45. The summed E-state index contributed by atoms with van der Waals surface area (Å²) < 4.78 is 37.3. The van der Waals surface area contributed by atoms with Gasteiger partial charge in [-0.15, -0.1) is 11.8 Å². The molecule has 0 radical (unpaired) electrons. The van der Waals surface area contributed by atoms with Crippen LogP contribution in [0.25, 0.3) is 5.52 Å². The normalized spacial score (nSPS) is 28.8. The third kappa shape index (κ3) is 3.98. The van der Waals surface area contributed by atoms with Crippen LogP contribution in [0.4, 0.5) is 8.78 Å². The van der Waals surface area contributed by atoms with Crippen LogP contribution in [0.3, 0.4) is 0 Å². The first kappa shape index (κ1) is 21.6. The smallest absolute Gasteiger partial charge is 0.262 e. The number of alkyl halides is 2. The van der Waals surface area contributed by atoms with Gasteiger partial charge in [-0.25, -0.2) is 18.3 Å². The van der Waals surface area contributed by atoms with Crippen LogP contribution in [0.5, 0.6) is 0 Å². The van der Waals surface area contributed by atoms with Crippen molar-refractivity contribution in [1.29, 1.82) is 0 Å². The summed E-state index contributed by atoms with van der Waals surface area (Å²) in [7, 11) is 0. The molecule has 0 N–H and O–H groups in total. The van der Waals surface area contributed by atoms with Crippen molar-refractivity contribution in [3.63, 3.8) is 0 Å². The largest absolute Gasteiger partial charge is 0.367 e. The first-order valence-electron chi connectivity index (χ1n) is 11.3. The predicted molar refractivity (Wildman–Crippen MR) is 117 cm³/mol. The van der Waals surface area contributed by atoms with E-state index in [2.05, 4.69) is 32.9 Å². The number of aromatic nitrogens is 3. The zero-order chi connectivity index (χ0) is 21.6. The van der Waals surface area contributed by atoms with Crippen LogP contribution < -0.4 is 0 Å². The van der Waals surface area contributed by atoms with E-state index in [1.807, 2.05) is 16.8 Å². The van der Waals surface area contributed by atoms with Gasteiger partial charge in [0.15, 0.2) is 0 Å². The standard InChI is InChI=1S/C22H31F2N5OS/c1-3-27-10-8-21(9-11-27)13-22(23,24)14-28(21)12-16-4-7-19(30-16)17-5-6-18-20(31-2)25-15-26-29(17)18/h5-6,15-16,19H,3-4,7-14H2,1-2H3/t16-,19+/m0/s1. The number of fused-ring (bicyclic) bond motifs is 1. The highest BCUT2D eigenvalue weighted by Gasteiger charge is 2.55. The van der Waals surface area contributed by atoms with Crippen molar-refractivity contribution < 1.29 is 13.5 Å². The number of halogens is 2. The fourth-order valence-electron chi connectivity index (χ4n) is 5.77. The minimum absolute atomic E-state index is 0.00851. The van der Waals surface area contributed by atoms with Gasteiger partial charge in [0.25, 0.3) is 5.92 Å². The molecule has 170 valence electrons. The molecule has 5 rings (SSSR count). The fraction of sp³-hybridized carbons (Fsp3) is 0.727. The Morgan fingerprint density at radius 1 is 1.23 bits per heavy atom. The van der Waals surface area contributed by atoms with Gasteiger partial charge in [0.05, 0.1) is 23.9 Å². The Morgan fingerprint density at radius 3 is 2.77 bits per heavy atom. The molecular formula is C22H31F2N5OS. The Morgan fingerprint density at radius 2 is 2.03 bits per heavy atom. The fourth-order valence-corrected chi connectivity index (χ4v) is 6.28. The second-order valence-corrected chi connectivity index (χ2v) is 10.0. The SMILES string of the molecule is CCN1CCC2(CC1)CC(F)(F)CN2C[C@@H]1CC[C@H](c2ccc3c(SC)ncnn23)O1. The third-order valence-electron chi connectivity index (χ3n) is 7.42. The van der Waals surface area contributed by atoms with E-state index in [9.17, 15) is 8.78 Å². The van der Waals surface area contributed by atoms with Crippen LogP contribution in [0.1, 0.15) is 50.8 Å². The monoisotopic (exact) mass is 451 g/mol. The molecule has 9 heteroatoms. The molecule has 0 aromatic carbocycles. The molecule has 0 unspecified atom stereocenters. The Balaban J connectivity index is 1.29. The molecule has 31 heavy (non-hydrogen) atoms. The number of hydrogen-bond donors (Lipinski definition) is 0. The number of likely N-dealkylation sites (tertiary alicyclic amines) is 2. The summed E-state index contributed by atoms with van der Waals surface area (Å²) in [6.45, 7) is 5.40. The predicted octanol–water partition coefficient (Wildman–Crippen LogP) is 3.87. The van der Waals surface area contributed by atoms with Crippen LogP contribution in [-0.2, 0) is 4.74 Å². The van der Waals surface area contributed by atoms with Gasteiger partial charge in [-0.05, 0) is 63.7 Å². The number of ether oxygens (including phenoxy) is 1. The van der Waals surface area contributed by atoms with Crippen molar-refractivity contribution in [3.8, 4) is 0 Å². The number of hydrogen-bond acceptors (Lipinski definition) is 6. The minimum Gasteiger partial charge on any atom is -0.367 e. The van der Waals surface area contributed by atoms with Gasteiger partial charge >= 0.3 is 0 Å². The molecule has 3 aliphatic heterocycles. The van der Waals surface area contributed by atoms with E-state index in [-0.39, 0.29) is 30.7 Å². The van der Waals surface area contributed by atoms with Crippen molar-refractivity contribution in [2.24, 2.45) is 0 Å². The zero-order valence-corrected chi connectivity index (χ0v) is 19.1. The van der Waals surface area contributed by atoms with E-state index in [1.165, 1.54) is 0 Å². The van der Waals surface area contributed by atoms with Crippen molar-refractivity contribution in [1.82, 2.24) is 24.4 Å². The highest BCUT2D eigenvalue weighted by molar-refractivity contribution is 7.98. The third-order valence-corrected chi connectivity index (χ3v) is 8.12. The molecule has 0 saturated carbocycles. The molecule has 6 nitrogen and oxygen atoms in total. The van der Waals surface area contributed by atoms with Crippen LogP contribution in [0, 0.1) is 0 Å². The Kier molecular flexibility index (Phi) is 5.73. The van der Waals surface area contributed by atoms with Gasteiger partial charge in [0, 0.05) is 18.5 Å². The van der Waals surface area contributed by atoms with Crippen molar-refractivity contribution in [3.05, 3.63) is 24.2 Å². The molecule has 0 bridgehead atoms. The number of piperidine rings is 1. The maximum absolute atomic E-state index is 14.5. The van der Waals surface area contributed by atoms with E-state index in [0.717, 1.165) is 61.6 Å². The van der Waals surface area contributed by atoms with Crippen molar-refractivity contribution in [2.45, 2.75) is 67.7 Å². The highest BCUT2D eigenvalue weighted by Crippen LogP contribution is 2.46. The molecule has 5 heterocycles. The highest BCUT2D eigenvalue weighted by atomic mass is 32.2. The zero-order valence-electron chi connectivity index (χ0n) is 18.3. The van der Waals surface area contributed by atoms with Crippen LogP contribution in [0.15, 0.2) is 23.5 Å². The second-order valence-electron chi connectivity index (χ2n) is 9.22. The van der Waals surface area contributed by atoms with E-state index < -0.39 is 5.92 Å². The van der Waals surface area contributed by atoms with E-state index >= 15 is 0 Å². The maximum atomic E-state index is 14.5. The summed E-state index contributed by atoms with van der Waals surface area (Å²) in [5, 5.41) is 5.36. The van der Waals surface area contributed by atoms with Crippen molar-refractivity contribution in [2.75, 3.05) is 39.0 Å². The van der Waals surface area contributed by atoms with Crippen LogP contribution in [0.2, 0.25) is 0 Å². The quantitative estimate of drug-likeness (QED) is 0.644. The van der Waals surface area contributed by atoms with Crippen molar-refractivity contribution >= 4 is 17.3 Å². The Labute approximate surface area is 186 Å². The van der Waals surface area contributed by atoms with Gasteiger partial charge in [-0.1, -0.05) is 6.92 Å². The van der Waals surface area contributed by atoms with E-state index in [4.69, 9.17) is 4.74 Å². The van der Waals surface area contributed by atoms with Crippen LogP contribution >= 0.6 is 11.8 Å². The second kappa shape index (κ2) is 8.24. The molecule has 2 atom stereocenters. The number of nitrogens with zero attached hydrogens (tertiary/aromatic N) is 5. The van der Waals surface area contributed by atoms with Gasteiger partial charge in [0.2, 0.25) is 0 Å². The molecule has 3 saturated heterocycles. The summed E-state index contributed by atoms with van der Waals surface area (Å²) in [6, 6.07) is 4.10. The van der Waals surface area contributed by atoms with Gasteiger partial charge in [-0.2, -0.15) is 5.10 Å². The molecule has 3 aliphatic rings. The summed E-state index contributed by atoms with van der Waals surface area (Å²) in [5.74, 6) is -2.60. The topological polar surface area (TPSA) is 45.9 Å². The van der Waals surface area contributed by atoms with Gasteiger partial charge in [0.1, 0.15) is 17.5 Å². The summed E-state index contributed by atoms with van der Waals surface area (Å²) in [6.07, 6.45) is 6.91. The van der Waals surface area contributed by atoms with Gasteiger partial charge < -0.3 is 9.64 Å². The summed E-state index contributed by atoms with van der Waals surface area (Å²) >= 11 is 1.60. The lowest BCUT2D eigenvalue weighted by Crippen LogP contribution is -2.53. The molecule has 0 amide bonds. The maximum Gasteiger partial charge on any atom is 0.262 e. The molecule has 3 fully saturated rings. The molecule has 1 spiro atoms. The van der Waals surface area contributed by atoms with E-state index in [1.54, 1.807) is 18.1 Å². The Bertz CT molecular complexity index is 930. The first-order chi connectivity index (χ1) is 14.9. The lowest BCUT2D eigenvalue weighted by atomic mass is 9.84. The first-order valence-corrected chi connectivity index (χ1v) is 12.5. The lowest BCUT2D eigenvalue weighted by molar-refractivity contribution is -0.0166. The van der Waals surface area contributed by atoms with E-state index in [0.29, 0.717) is 6.54 Å². The number of rotatable bonds is 5. The molecule has 0 aliphatic carbocycles. The summed E-state index contributed by atoms with van der Waals surface area (Å²) in [4.78, 5) is 8.76. The molecule has 2 aromatic rings. The van der Waals surface area contributed by atoms with Gasteiger partial charge in [-0.3, -0.25) is 4.90 Å². The molecule has 2 aromatic heterocycles. The minimum atomic E-state index is -2.60. The number of thioether (sulfide) groups is 1. The Hall–Kier alpha value is -1.29. The lowest BCUT2D eigenvalue weighted by Gasteiger charge is -2.45.